The van der Waals surface area contributed by atoms with Gasteiger partial charge in [-0.15, -0.1) is 0 Å². The Kier molecular flexibility index (Phi) is 2.81. The van der Waals surface area contributed by atoms with Gasteiger partial charge < -0.3 is 0 Å². The molecule has 0 amide bonds. The molecule has 0 bridgehead atoms. The Morgan fingerprint density at radius 3 is 2.00 bits per heavy atom. The van der Waals surface area contributed by atoms with Crippen molar-refractivity contribution in [1.82, 2.24) is 0 Å². The minimum Gasteiger partial charge on any atom is -0.233 e. The largest absolute Gasteiger partial charge is 0.423 e. The van der Waals surface area contributed by atoms with E-state index in [0.29, 0.717) is 0 Å². The standard InChI is InChI=1S/C4H3F3OS/c5-4(6,7)3(1-8)2-9/h9H,2H2. The molecule has 52 valence electrons. The summed E-state index contributed by atoms with van der Waals surface area (Å²) in [5, 5.41) is 0. The van der Waals surface area contributed by atoms with Gasteiger partial charge >= 0.3 is 6.18 Å². The van der Waals surface area contributed by atoms with Crippen LogP contribution in [0.1, 0.15) is 0 Å². The van der Waals surface area contributed by atoms with Crippen LogP contribution in [-0.2, 0) is 4.79 Å². The van der Waals surface area contributed by atoms with Gasteiger partial charge in [0, 0.05) is 5.75 Å². The lowest BCUT2D eigenvalue weighted by Gasteiger charge is -2.02. The van der Waals surface area contributed by atoms with Crippen LogP contribution in [0.4, 0.5) is 13.2 Å². The van der Waals surface area contributed by atoms with Gasteiger partial charge in [-0.1, -0.05) is 0 Å². The SMILES string of the molecule is O=C=C(CS)C(F)(F)F. The van der Waals surface area contributed by atoms with E-state index in [1.54, 1.807) is 0 Å². The summed E-state index contributed by atoms with van der Waals surface area (Å²) in [4.78, 5) is 9.45. The van der Waals surface area contributed by atoms with Gasteiger partial charge in [-0.3, -0.25) is 0 Å². The third-order valence-electron chi connectivity index (χ3n) is 0.623. The summed E-state index contributed by atoms with van der Waals surface area (Å²) < 4.78 is 34.1. The summed E-state index contributed by atoms with van der Waals surface area (Å²) in [7, 11) is 0. The first-order valence-corrected chi connectivity index (χ1v) is 2.57. The van der Waals surface area contributed by atoms with Crippen LogP contribution in [0, 0.1) is 0 Å². The molecule has 5 heteroatoms. The Balaban J connectivity index is 4.33. The average Bonchev–Trinajstić information content (AvgIpc) is 1.65. The van der Waals surface area contributed by atoms with Crippen LogP contribution in [0.25, 0.3) is 0 Å². The van der Waals surface area contributed by atoms with Crippen LogP contribution in [-0.4, -0.2) is 17.9 Å². The monoisotopic (exact) mass is 156 g/mol. The summed E-state index contributed by atoms with van der Waals surface area (Å²) in [6.07, 6.45) is -4.57. The highest BCUT2D eigenvalue weighted by Crippen LogP contribution is 2.23. The highest BCUT2D eigenvalue weighted by molar-refractivity contribution is 7.80. The summed E-state index contributed by atoms with van der Waals surface area (Å²) in [6.45, 7) is 0. The second-order valence-electron chi connectivity index (χ2n) is 1.24. The van der Waals surface area contributed by atoms with Crippen molar-refractivity contribution in [3.05, 3.63) is 5.57 Å². The van der Waals surface area contributed by atoms with E-state index in [2.05, 4.69) is 12.6 Å². The van der Waals surface area contributed by atoms with E-state index in [-0.39, 0.29) is 0 Å². The molecule has 0 fully saturated rings. The van der Waals surface area contributed by atoms with Crippen molar-refractivity contribution in [1.29, 1.82) is 0 Å². The normalized spacial score (nSPS) is 10.7. The molecule has 0 atom stereocenters. The van der Waals surface area contributed by atoms with Crippen molar-refractivity contribution in [2.75, 3.05) is 5.75 Å². The highest BCUT2D eigenvalue weighted by atomic mass is 32.1. The van der Waals surface area contributed by atoms with E-state index in [1.807, 2.05) is 0 Å². The smallest absolute Gasteiger partial charge is 0.233 e. The fourth-order valence-electron chi connectivity index (χ4n) is 0.180. The minimum atomic E-state index is -4.57. The third kappa shape index (κ3) is 2.58. The molecule has 0 rings (SSSR count). The number of thiol groups is 1. The van der Waals surface area contributed by atoms with Crippen LogP contribution in [0.2, 0.25) is 0 Å². The van der Waals surface area contributed by atoms with Gasteiger partial charge in [0.25, 0.3) is 0 Å². The first-order chi connectivity index (χ1) is 4.02. The lowest BCUT2D eigenvalue weighted by atomic mass is 10.3. The van der Waals surface area contributed by atoms with Gasteiger partial charge in [-0.25, -0.2) is 4.79 Å². The first-order valence-electron chi connectivity index (χ1n) is 1.94. The number of rotatable bonds is 1. The summed E-state index contributed by atoms with van der Waals surface area (Å²) >= 11 is 3.27. The zero-order valence-electron chi connectivity index (χ0n) is 4.20. The molecule has 0 aliphatic heterocycles. The van der Waals surface area contributed by atoms with Crippen molar-refractivity contribution >= 4 is 18.6 Å². The average molecular weight is 156 g/mol. The second-order valence-corrected chi connectivity index (χ2v) is 1.55. The lowest BCUT2D eigenvalue weighted by molar-refractivity contribution is -0.0894. The quantitative estimate of drug-likeness (QED) is 0.446. The van der Waals surface area contributed by atoms with Crippen LogP contribution in [0.3, 0.4) is 0 Å². The Morgan fingerprint density at radius 2 is 2.00 bits per heavy atom. The van der Waals surface area contributed by atoms with E-state index in [0.717, 1.165) is 5.94 Å². The molecule has 0 heterocycles. The number of alkyl halides is 3. The first kappa shape index (κ1) is 8.59. The second kappa shape index (κ2) is 2.94. The summed E-state index contributed by atoms with van der Waals surface area (Å²) in [5.41, 5.74) is -1.27. The van der Waals surface area contributed by atoms with Crippen molar-refractivity contribution in [2.24, 2.45) is 0 Å². The van der Waals surface area contributed by atoms with Crippen LogP contribution in [0.5, 0.6) is 0 Å². The van der Waals surface area contributed by atoms with Crippen molar-refractivity contribution in [3.63, 3.8) is 0 Å². The summed E-state index contributed by atoms with van der Waals surface area (Å²) in [5.74, 6) is 0.139. The van der Waals surface area contributed by atoms with E-state index >= 15 is 0 Å². The van der Waals surface area contributed by atoms with Gasteiger partial charge in [0.2, 0.25) is 0 Å². The molecular weight excluding hydrogens is 153 g/mol. The highest BCUT2D eigenvalue weighted by Gasteiger charge is 2.33. The predicted octanol–water partition coefficient (Wildman–Crippen LogP) is 1.24. The topological polar surface area (TPSA) is 17.1 Å². The molecule has 0 unspecified atom stereocenters. The lowest BCUT2D eigenvalue weighted by Crippen LogP contribution is -2.13. The molecule has 0 aliphatic carbocycles. The van der Waals surface area contributed by atoms with Crippen molar-refractivity contribution < 1.29 is 18.0 Å². The van der Waals surface area contributed by atoms with E-state index in [9.17, 15) is 18.0 Å². The molecule has 0 aromatic rings. The maximum atomic E-state index is 11.4. The van der Waals surface area contributed by atoms with Crippen molar-refractivity contribution in [2.45, 2.75) is 6.18 Å². The molecule has 0 spiro atoms. The van der Waals surface area contributed by atoms with Crippen LogP contribution in [0.15, 0.2) is 5.57 Å². The van der Waals surface area contributed by atoms with Gasteiger partial charge in [0.05, 0.1) is 0 Å². The number of hydrogen-bond acceptors (Lipinski definition) is 2. The molecule has 1 nitrogen and oxygen atoms in total. The van der Waals surface area contributed by atoms with Gasteiger partial charge in [0.1, 0.15) is 11.5 Å². The number of carbonyl (C=O) groups excluding carboxylic acids is 1. The molecule has 9 heavy (non-hydrogen) atoms. The van der Waals surface area contributed by atoms with Crippen molar-refractivity contribution in [3.8, 4) is 0 Å². The van der Waals surface area contributed by atoms with Crippen LogP contribution >= 0.6 is 12.6 Å². The Labute approximate surface area is 55.0 Å². The van der Waals surface area contributed by atoms with E-state index in [4.69, 9.17) is 0 Å². The van der Waals surface area contributed by atoms with Gasteiger partial charge in [0.15, 0.2) is 0 Å². The Hall–Kier alpha value is -0.410. The molecule has 0 aliphatic rings. The maximum Gasteiger partial charge on any atom is 0.423 e. The molecule has 0 radical (unpaired) electrons. The fourth-order valence-corrected chi connectivity index (χ4v) is 0.424. The van der Waals surface area contributed by atoms with Gasteiger partial charge in [-0.2, -0.15) is 25.8 Å². The molecule has 0 N–H and O–H groups in total. The zero-order valence-corrected chi connectivity index (χ0v) is 5.09. The molecule has 0 aromatic carbocycles. The number of hydrogen-bond donors (Lipinski definition) is 1. The fraction of sp³-hybridized carbons (Fsp3) is 0.500. The Morgan fingerprint density at radius 1 is 1.56 bits per heavy atom. The van der Waals surface area contributed by atoms with Crippen LogP contribution < -0.4 is 0 Å². The number of halogens is 3. The molecule has 0 aromatic heterocycles. The minimum absolute atomic E-state index is 0.618. The summed E-state index contributed by atoms with van der Waals surface area (Å²) in [6, 6.07) is 0. The molecule has 0 saturated carbocycles. The van der Waals surface area contributed by atoms with E-state index < -0.39 is 17.5 Å². The molecular formula is C4H3F3OS. The van der Waals surface area contributed by atoms with E-state index in [1.165, 1.54) is 0 Å². The zero-order chi connectivity index (χ0) is 7.49. The van der Waals surface area contributed by atoms with Gasteiger partial charge in [-0.05, 0) is 0 Å². The maximum absolute atomic E-state index is 11.4. The molecule has 0 saturated heterocycles. The predicted molar refractivity (Wildman–Crippen MR) is 29.1 cm³/mol. The Bertz CT molecular complexity index is 144. The third-order valence-corrected chi connectivity index (χ3v) is 0.940.